The predicted octanol–water partition coefficient (Wildman–Crippen LogP) is 4.68. The Morgan fingerprint density at radius 3 is 2.20 bits per heavy atom. The molecular weight excluding hydrogens is 388 g/mol. The van der Waals surface area contributed by atoms with E-state index >= 15 is 0 Å². The summed E-state index contributed by atoms with van der Waals surface area (Å²) >= 11 is 0. The molecule has 3 rings (SSSR count). The van der Waals surface area contributed by atoms with E-state index in [0.717, 1.165) is 23.3 Å². The molecule has 0 aliphatic heterocycles. The summed E-state index contributed by atoms with van der Waals surface area (Å²) in [5.41, 5.74) is 0.926. The lowest BCUT2D eigenvalue weighted by molar-refractivity contribution is -0.393. The number of carbonyl (C=O) groups is 1. The van der Waals surface area contributed by atoms with Gasteiger partial charge in [-0.15, -0.1) is 0 Å². The van der Waals surface area contributed by atoms with Crippen LogP contribution in [0.4, 0.5) is 22.7 Å². The van der Waals surface area contributed by atoms with Crippen molar-refractivity contribution in [2.75, 3.05) is 10.6 Å². The number of nitro groups is 2. The van der Waals surface area contributed by atoms with E-state index in [1.54, 1.807) is 24.3 Å². The number of hydrogen-bond donors (Lipinski definition) is 2. The number of rotatable bonds is 7. The number of nitrogens with zero attached hydrogens (tertiary/aromatic N) is 2. The summed E-state index contributed by atoms with van der Waals surface area (Å²) in [7, 11) is 0. The zero-order valence-corrected chi connectivity index (χ0v) is 16.0. The molecule has 0 saturated heterocycles. The summed E-state index contributed by atoms with van der Waals surface area (Å²) in [6.07, 6.45) is 0. The van der Waals surface area contributed by atoms with Crippen LogP contribution in [0.3, 0.4) is 0 Å². The van der Waals surface area contributed by atoms with Gasteiger partial charge < -0.3 is 10.6 Å². The molecule has 0 bridgehead atoms. The number of amides is 1. The highest BCUT2D eigenvalue weighted by Gasteiger charge is 2.27. The van der Waals surface area contributed by atoms with Crippen LogP contribution in [0.5, 0.6) is 0 Å². The van der Waals surface area contributed by atoms with Gasteiger partial charge in [0.15, 0.2) is 0 Å². The molecule has 30 heavy (non-hydrogen) atoms. The normalized spacial score (nSPS) is 10.3. The average Bonchev–Trinajstić information content (AvgIpc) is 2.73. The molecule has 0 atom stereocenters. The van der Waals surface area contributed by atoms with Crippen molar-refractivity contribution in [3.05, 3.63) is 104 Å². The number of anilines is 2. The Hall–Kier alpha value is -4.27. The van der Waals surface area contributed by atoms with Crippen LogP contribution in [0.1, 0.15) is 21.5 Å². The third-order valence-corrected chi connectivity index (χ3v) is 4.38. The van der Waals surface area contributed by atoms with Crippen LogP contribution in [0.2, 0.25) is 0 Å². The van der Waals surface area contributed by atoms with Crippen molar-refractivity contribution in [2.45, 2.75) is 13.5 Å². The molecule has 0 fully saturated rings. The molecule has 2 N–H and O–H groups in total. The van der Waals surface area contributed by atoms with E-state index < -0.39 is 27.1 Å². The Bertz CT molecular complexity index is 1100. The van der Waals surface area contributed by atoms with Crippen molar-refractivity contribution in [1.29, 1.82) is 0 Å². The minimum atomic E-state index is -0.767. The molecule has 0 spiro atoms. The molecule has 0 aromatic heterocycles. The Kier molecular flexibility index (Phi) is 6.02. The lowest BCUT2D eigenvalue weighted by atomic mass is 10.1. The minimum Gasteiger partial charge on any atom is -0.375 e. The number of benzene rings is 3. The van der Waals surface area contributed by atoms with Gasteiger partial charge in [0.25, 0.3) is 17.3 Å². The van der Waals surface area contributed by atoms with E-state index in [1.165, 1.54) is 0 Å². The van der Waals surface area contributed by atoms with Gasteiger partial charge in [-0.2, -0.15) is 0 Å². The van der Waals surface area contributed by atoms with Gasteiger partial charge >= 0.3 is 0 Å². The molecule has 1 amide bonds. The highest BCUT2D eigenvalue weighted by molar-refractivity contribution is 6.10. The molecule has 0 radical (unpaired) electrons. The Morgan fingerprint density at radius 1 is 0.933 bits per heavy atom. The van der Waals surface area contributed by atoms with Gasteiger partial charge in [-0.3, -0.25) is 25.0 Å². The maximum Gasteiger partial charge on any atom is 0.300 e. The van der Waals surface area contributed by atoms with Crippen molar-refractivity contribution in [2.24, 2.45) is 0 Å². The molecule has 152 valence electrons. The van der Waals surface area contributed by atoms with Crippen molar-refractivity contribution in [1.82, 2.24) is 0 Å². The van der Waals surface area contributed by atoms with Crippen molar-refractivity contribution >= 4 is 28.7 Å². The van der Waals surface area contributed by atoms with E-state index in [1.807, 2.05) is 37.3 Å². The molecule has 0 saturated carbocycles. The summed E-state index contributed by atoms with van der Waals surface area (Å²) in [6, 6.07) is 17.9. The van der Waals surface area contributed by atoms with Crippen molar-refractivity contribution in [3.8, 4) is 0 Å². The molecule has 0 heterocycles. The first kappa shape index (κ1) is 20.5. The highest BCUT2D eigenvalue weighted by atomic mass is 16.6. The van der Waals surface area contributed by atoms with E-state index in [4.69, 9.17) is 0 Å². The van der Waals surface area contributed by atoms with Crippen molar-refractivity contribution in [3.63, 3.8) is 0 Å². The van der Waals surface area contributed by atoms with Gasteiger partial charge in [0.05, 0.1) is 21.5 Å². The number of carbonyl (C=O) groups excluding carboxylic acids is 1. The second-order valence-corrected chi connectivity index (χ2v) is 6.56. The first-order valence-electron chi connectivity index (χ1n) is 8.98. The molecular formula is C21H18N4O5. The maximum absolute atomic E-state index is 12.9. The lowest BCUT2D eigenvalue weighted by Gasteiger charge is -2.13. The largest absolute Gasteiger partial charge is 0.375 e. The van der Waals surface area contributed by atoms with Gasteiger partial charge in [0.2, 0.25) is 0 Å². The zero-order chi connectivity index (χ0) is 21.7. The summed E-state index contributed by atoms with van der Waals surface area (Å²) in [6.45, 7) is 2.09. The number of nitro benzene ring substituents is 2. The number of non-ortho nitro benzene ring substituents is 1. The summed E-state index contributed by atoms with van der Waals surface area (Å²) < 4.78 is 0. The molecule has 9 heteroatoms. The molecule has 0 aliphatic rings. The predicted molar refractivity (Wildman–Crippen MR) is 113 cm³/mol. The fourth-order valence-corrected chi connectivity index (χ4v) is 2.85. The van der Waals surface area contributed by atoms with Gasteiger partial charge in [-0.05, 0) is 24.6 Å². The topological polar surface area (TPSA) is 127 Å². The molecule has 0 aliphatic carbocycles. The van der Waals surface area contributed by atoms with Crippen LogP contribution in [0.25, 0.3) is 0 Å². The smallest absolute Gasteiger partial charge is 0.300 e. The fraction of sp³-hybridized carbons (Fsp3) is 0.0952. The summed E-state index contributed by atoms with van der Waals surface area (Å²) in [4.78, 5) is 34.2. The monoisotopic (exact) mass is 406 g/mol. The van der Waals surface area contributed by atoms with Gasteiger partial charge in [0, 0.05) is 18.3 Å². The van der Waals surface area contributed by atoms with Gasteiger partial charge in [-0.1, -0.05) is 48.0 Å². The third-order valence-electron chi connectivity index (χ3n) is 4.38. The van der Waals surface area contributed by atoms with Crippen molar-refractivity contribution < 1.29 is 14.6 Å². The molecule has 0 unspecified atom stereocenters. The summed E-state index contributed by atoms with van der Waals surface area (Å²) in [5.74, 6) is -0.693. The average molecular weight is 406 g/mol. The SMILES string of the molecule is Cc1ccc(NC(=O)c2cc([N+](=O)[O-])cc([N+](=O)[O-])c2NCc2ccccc2)cc1. The number of nitrogens with one attached hydrogen (secondary N) is 2. The van der Waals surface area contributed by atoms with Crippen LogP contribution in [-0.2, 0) is 6.54 Å². The number of hydrogen-bond acceptors (Lipinski definition) is 6. The van der Waals surface area contributed by atoms with E-state index in [-0.39, 0.29) is 17.8 Å². The first-order chi connectivity index (χ1) is 14.3. The molecule has 3 aromatic carbocycles. The minimum absolute atomic E-state index is 0.0842. The first-order valence-corrected chi connectivity index (χ1v) is 8.98. The van der Waals surface area contributed by atoms with E-state index in [2.05, 4.69) is 10.6 Å². The van der Waals surface area contributed by atoms with Crippen LogP contribution < -0.4 is 10.6 Å². The highest BCUT2D eigenvalue weighted by Crippen LogP contribution is 2.34. The molecule has 3 aromatic rings. The fourth-order valence-electron chi connectivity index (χ4n) is 2.85. The number of aryl methyl sites for hydroxylation is 1. The Morgan fingerprint density at radius 2 is 1.60 bits per heavy atom. The second-order valence-electron chi connectivity index (χ2n) is 6.56. The van der Waals surface area contributed by atoms with Crippen LogP contribution in [0, 0.1) is 27.2 Å². The quantitative estimate of drug-likeness (QED) is 0.433. The van der Waals surface area contributed by atoms with E-state index in [9.17, 15) is 25.0 Å². The van der Waals surface area contributed by atoms with Crippen LogP contribution in [-0.4, -0.2) is 15.8 Å². The zero-order valence-electron chi connectivity index (χ0n) is 16.0. The van der Waals surface area contributed by atoms with Crippen LogP contribution >= 0.6 is 0 Å². The summed E-state index contributed by atoms with van der Waals surface area (Å²) in [5, 5.41) is 28.4. The Labute approximate surface area is 171 Å². The second kappa shape index (κ2) is 8.82. The van der Waals surface area contributed by atoms with Crippen LogP contribution in [0.15, 0.2) is 66.7 Å². The van der Waals surface area contributed by atoms with Gasteiger partial charge in [0.1, 0.15) is 5.69 Å². The maximum atomic E-state index is 12.9. The third kappa shape index (κ3) is 4.76. The lowest BCUT2D eigenvalue weighted by Crippen LogP contribution is -2.16. The van der Waals surface area contributed by atoms with Gasteiger partial charge in [-0.25, -0.2) is 0 Å². The Balaban J connectivity index is 2.02. The molecule has 9 nitrogen and oxygen atoms in total. The van der Waals surface area contributed by atoms with E-state index in [0.29, 0.717) is 5.69 Å². The standard InChI is InChI=1S/C21H18N4O5/c1-14-7-9-16(10-8-14)23-21(26)18-11-17(24(27)28)12-19(25(29)30)20(18)22-13-15-5-3-2-4-6-15/h2-12,22H,13H2,1H3,(H,23,26).